The number of hydrogen-bond acceptors (Lipinski definition) is 13. The van der Waals surface area contributed by atoms with E-state index in [1.54, 1.807) is 109 Å². The van der Waals surface area contributed by atoms with Crippen LogP contribution < -0.4 is 0 Å². The van der Waals surface area contributed by atoms with E-state index in [2.05, 4.69) is 143 Å². The first-order valence-corrected chi connectivity index (χ1v) is 50.4. The normalized spacial score (nSPS) is 14.1. The Morgan fingerprint density at radius 2 is 0.545 bits per heavy atom. The number of phenolic OH excluding ortho intramolecular Hbond substituents is 13. The van der Waals surface area contributed by atoms with Crippen molar-refractivity contribution in [3.05, 3.63) is 380 Å². The zero-order valence-corrected chi connectivity index (χ0v) is 84.7. The van der Waals surface area contributed by atoms with E-state index >= 15 is 0 Å². The standard InChI is InChI=1S/C30H40O2.C20H18O3.C19H24O2.C18H22O2.C15H12Br4O2.C15H16O2/c31-28-16-14-24(20-26(28)22-10-4-1-5-11-22)30(18-8-3-9-19-30)25-15-17-29(32)27(21-25)23-12-6-2-7-13-23;1-20(14-2-8-17(21)9-3-14,15-4-10-18(22)11-5-15)16-6-12-19(23)13-7-16;1-3-4-5-14-19(2,15-6-10-17(20)11-7-15)16-8-12-18(21)13-9-16;1-2-3-4-5-18(14-6-10-16(19)11-7-14)15-8-12-17(20)13-9-15;1-15(2,7-3-9(16)13(20)10(17)4-7)8-5-11(18)14(21)12(19)6-8;1-15(2,11-3-7-13(16)8-4-11)12-5-9-14(17)10-6-12/h14-17,20-23,31-32H,1-13,18-19H2;2-13,21-23H,1H3;6-13,20-21H,3-5,14H2,1-2H3;6-13,18-20H,2-5H2,1H3;3-6,20-21H,1-2H3;3-10,16-17H,1-2H3. The minimum Gasteiger partial charge on any atom is -0.508 e. The minimum atomic E-state index is -0.477. The van der Waals surface area contributed by atoms with Gasteiger partial charge >= 0.3 is 0 Å². The molecule has 0 aliphatic heterocycles. The molecule has 13 N–H and O–H groups in total. The molecule has 0 atom stereocenters. The second-order valence-corrected chi connectivity index (χ2v) is 41.1. The van der Waals surface area contributed by atoms with Crippen molar-refractivity contribution in [2.75, 3.05) is 0 Å². The van der Waals surface area contributed by atoms with Crippen molar-refractivity contribution in [2.24, 2.45) is 0 Å². The van der Waals surface area contributed by atoms with Crippen LogP contribution in [0.2, 0.25) is 0 Å². The van der Waals surface area contributed by atoms with Crippen LogP contribution >= 0.6 is 63.7 Å². The number of rotatable bonds is 23. The molecule has 3 aliphatic carbocycles. The number of unbranched alkanes of at least 4 members (excludes halogenated alkanes) is 4. The quantitative estimate of drug-likeness (QED) is 0.0210. The minimum absolute atomic E-state index is 0.00643. The van der Waals surface area contributed by atoms with E-state index in [9.17, 15) is 66.4 Å². The molecule has 0 amide bonds. The Hall–Kier alpha value is -10.8. The van der Waals surface area contributed by atoms with Crippen LogP contribution in [0.5, 0.6) is 74.7 Å². The molecule has 0 aromatic heterocycles. The molecular weight excluding hydrogens is 1930 g/mol. The molecule has 0 saturated heterocycles. The second kappa shape index (κ2) is 48.1. The third kappa shape index (κ3) is 26.7. The molecule has 0 radical (unpaired) electrons. The predicted octanol–water partition coefficient (Wildman–Crippen LogP) is 32.3. The molecule has 3 aliphatic rings. The van der Waals surface area contributed by atoms with Gasteiger partial charge in [-0.3, -0.25) is 0 Å². The largest absolute Gasteiger partial charge is 0.508 e. The Bertz CT molecular complexity index is 5420. The van der Waals surface area contributed by atoms with Crippen molar-refractivity contribution < 1.29 is 66.4 Å². The van der Waals surface area contributed by atoms with E-state index in [0.717, 1.165) is 71.0 Å². The number of benzene rings is 13. The molecule has 0 spiro atoms. The predicted molar refractivity (Wildman–Crippen MR) is 558 cm³/mol. The van der Waals surface area contributed by atoms with Crippen LogP contribution in [0.15, 0.2) is 297 Å². The third-order valence-corrected chi connectivity index (χ3v) is 30.3. The fourth-order valence-corrected chi connectivity index (χ4v) is 21.7. The number of aromatic hydroxyl groups is 13. The lowest BCUT2D eigenvalue weighted by molar-refractivity contribution is 0.342. The maximum atomic E-state index is 10.8. The van der Waals surface area contributed by atoms with E-state index in [4.69, 9.17) is 0 Å². The van der Waals surface area contributed by atoms with Crippen molar-refractivity contribution in [1.29, 1.82) is 0 Å². The number of halogens is 4. The Kier molecular flexibility index (Phi) is 37.2. The Morgan fingerprint density at radius 3 is 0.843 bits per heavy atom. The zero-order valence-electron chi connectivity index (χ0n) is 78.4. The molecule has 134 heavy (non-hydrogen) atoms. The van der Waals surface area contributed by atoms with Crippen molar-refractivity contribution in [2.45, 2.75) is 248 Å². The van der Waals surface area contributed by atoms with Gasteiger partial charge in [-0.25, -0.2) is 0 Å². The molecule has 16 rings (SSSR count). The highest BCUT2D eigenvalue weighted by Crippen LogP contribution is 2.52. The van der Waals surface area contributed by atoms with Gasteiger partial charge < -0.3 is 66.4 Å². The summed E-state index contributed by atoms with van der Waals surface area (Å²) in [5, 5.41) is 126. The molecule has 0 heterocycles. The van der Waals surface area contributed by atoms with Gasteiger partial charge in [0.15, 0.2) is 0 Å². The van der Waals surface area contributed by atoms with E-state index in [1.165, 1.54) is 160 Å². The van der Waals surface area contributed by atoms with E-state index in [0.29, 0.717) is 70.1 Å². The number of phenols is 13. The fraction of sp³-hybridized carbons (Fsp3) is 0.333. The Morgan fingerprint density at radius 1 is 0.284 bits per heavy atom. The summed E-state index contributed by atoms with van der Waals surface area (Å²) in [6, 6.07) is 86.2. The van der Waals surface area contributed by atoms with Crippen LogP contribution in [0.25, 0.3) is 0 Å². The lowest BCUT2D eigenvalue weighted by Gasteiger charge is -2.40. The fourth-order valence-electron chi connectivity index (χ4n) is 19.3. The molecule has 3 saturated carbocycles. The van der Waals surface area contributed by atoms with Gasteiger partial charge in [-0.15, -0.1) is 0 Å². The SMILES string of the molecule is CC(C)(c1cc(Br)c(O)c(Br)c1)c1cc(Br)c(O)c(Br)c1.CC(C)(c1ccc(O)cc1)c1ccc(O)cc1.CC(c1ccc(O)cc1)(c1ccc(O)cc1)c1ccc(O)cc1.CCCCCC(C)(c1ccc(O)cc1)c1ccc(O)cc1.CCCCCC(c1ccc(O)cc1)c1ccc(O)cc1.Oc1ccc(C2(c3ccc(O)c(C4CCCCC4)c3)CCCCC2)cc1C1CCCCC1. The number of hydrogen-bond donors (Lipinski definition) is 13. The maximum absolute atomic E-state index is 10.8. The van der Waals surface area contributed by atoms with Gasteiger partial charge in [0.05, 0.1) is 17.9 Å². The van der Waals surface area contributed by atoms with Crippen LogP contribution in [0.1, 0.15) is 304 Å². The van der Waals surface area contributed by atoms with Crippen molar-refractivity contribution >= 4 is 63.7 Å². The van der Waals surface area contributed by atoms with Gasteiger partial charge in [-0.2, -0.15) is 0 Å². The summed E-state index contributed by atoms with van der Waals surface area (Å²) in [5.74, 6) is 5.04. The highest BCUT2D eigenvalue weighted by molar-refractivity contribution is 9.11. The summed E-state index contributed by atoms with van der Waals surface area (Å²) in [7, 11) is 0. The maximum Gasteiger partial charge on any atom is 0.143 e. The molecule has 0 unspecified atom stereocenters. The van der Waals surface area contributed by atoms with E-state index in [-0.39, 0.29) is 61.9 Å². The topological polar surface area (TPSA) is 263 Å². The first-order valence-electron chi connectivity index (χ1n) is 47.3. The monoisotopic (exact) mass is 2060 g/mol. The van der Waals surface area contributed by atoms with E-state index < -0.39 is 5.41 Å². The second-order valence-electron chi connectivity index (χ2n) is 37.7. The highest BCUT2D eigenvalue weighted by atomic mass is 79.9. The van der Waals surface area contributed by atoms with Crippen molar-refractivity contribution in [1.82, 2.24) is 0 Å². The summed E-state index contributed by atoms with van der Waals surface area (Å²) < 4.78 is 2.54. The Balaban J connectivity index is 0.000000157. The third-order valence-electron chi connectivity index (χ3n) is 27.9. The van der Waals surface area contributed by atoms with Crippen LogP contribution in [0.3, 0.4) is 0 Å². The lowest BCUT2D eigenvalue weighted by Crippen LogP contribution is -2.31. The Labute approximate surface area is 826 Å². The summed E-state index contributed by atoms with van der Waals surface area (Å²) in [4.78, 5) is 0. The van der Waals surface area contributed by atoms with Crippen LogP contribution in [0, 0.1) is 0 Å². The van der Waals surface area contributed by atoms with Gasteiger partial charge in [0.1, 0.15) is 74.7 Å². The molecule has 13 aromatic rings. The molecule has 3 fully saturated rings. The summed E-state index contributed by atoms with van der Waals surface area (Å²) in [6.07, 6.45) is 28.1. The molecule has 0 bridgehead atoms. The van der Waals surface area contributed by atoms with Crippen LogP contribution in [0.4, 0.5) is 0 Å². The van der Waals surface area contributed by atoms with Gasteiger partial charge in [0, 0.05) is 33.0 Å². The average Bonchev–Trinajstić information content (AvgIpc) is 0.755. The first-order chi connectivity index (χ1) is 64.1. The van der Waals surface area contributed by atoms with Crippen LogP contribution in [-0.2, 0) is 27.1 Å². The first kappa shape index (κ1) is 104. The van der Waals surface area contributed by atoms with E-state index in [1.807, 2.05) is 146 Å². The van der Waals surface area contributed by atoms with Gasteiger partial charge in [-0.1, -0.05) is 278 Å². The molecule has 17 heteroatoms. The average molecular weight is 2070 g/mol. The molecule has 13 aromatic carbocycles. The highest BCUT2D eigenvalue weighted by Gasteiger charge is 2.39. The van der Waals surface area contributed by atoms with Gasteiger partial charge in [0.2, 0.25) is 0 Å². The van der Waals surface area contributed by atoms with Gasteiger partial charge in [0.25, 0.3) is 0 Å². The smallest absolute Gasteiger partial charge is 0.143 e. The van der Waals surface area contributed by atoms with Crippen LogP contribution in [-0.4, -0.2) is 66.4 Å². The molecule has 13 nitrogen and oxygen atoms in total. The van der Waals surface area contributed by atoms with Crippen molar-refractivity contribution in [3.8, 4) is 74.7 Å². The summed E-state index contributed by atoms with van der Waals surface area (Å²) >= 11 is 13.5. The molecule has 706 valence electrons. The summed E-state index contributed by atoms with van der Waals surface area (Å²) in [5.41, 5.74) is 16.2. The molecular formula is C117H132Br4O13. The zero-order chi connectivity index (χ0) is 96.5. The lowest BCUT2D eigenvalue weighted by atomic mass is 9.64. The van der Waals surface area contributed by atoms with Gasteiger partial charge in [-0.05, 0) is 363 Å². The van der Waals surface area contributed by atoms with Crippen molar-refractivity contribution in [3.63, 3.8) is 0 Å². The summed E-state index contributed by atoms with van der Waals surface area (Å²) in [6.45, 7) is 17.1.